The molecule has 0 aliphatic heterocycles. The van der Waals surface area contributed by atoms with Gasteiger partial charge in [0.25, 0.3) is 0 Å². The molecule has 2 rings (SSSR count). The molecule has 0 saturated heterocycles. The molecule has 20 heavy (non-hydrogen) atoms. The van der Waals surface area contributed by atoms with Crippen molar-refractivity contribution in [1.29, 1.82) is 0 Å². The van der Waals surface area contributed by atoms with Crippen LogP contribution in [0.4, 0.5) is 0 Å². The molecule has 0 saturated carbocycles. The highest BCUT2D eigenvalue weighted by molar-refractivity contribution is 9.13. The normalized spacial score (nSPS) is 12.7. The van der Waals surface area contributed by atoms with Gasteiger partial charge in [0.1, 0.15) is 5.75 Å². The van der Waals surface area contributed by atoms with Crippen LogP contribution in [0.3, 0.4) is 0 Å². The Bertz CT molecular complexity index is 567. The SMILES string of the molecule is CC(C)Oc1ccccc1C(NN)c1cc(Br)c(Br)s1. The number of nitrogens with one attached hydrogen (secondary N) is 1. The molecule has 1 aromatic carbocycles. The van der Waals surface area contributed by atoms with Gasteiger partial charge in [0.15, 0.2) is 0 Å². The van der Waals surface area contributed by atoms with Gasteiger partial charge < -0.3 is 4.74 Å². The first-order chi connectivity index (χ1) is 9.52. The second-order valence-corrected chi connectivity index (χ2v) is 7.83. The first kappa shape index (κ1) is 16.0. The van der Waals surface area contributed by atoms with Gasteiger partial charge in [0, 0.05) is 14.9 Å². The summed E-state index contributed by atoms with van der Waals surface area (Å²) in [6.07, 6.45) is 0.122. The Balaban J connectivity index is 2.41. The van der Waals surface area contributed by atoms with Crippen molar-refractivity contribution >= 4 is 43.2 Å². The Morgan fingerprint density at radius 3 is 2.50 bits per heavy atom. The molecule has 0 aliphatic rings. The van der Waals surface area contributed by atoms with Gasteiger partial charge in [-0.25, -0.2) is 5.43 Å². The Labute approximate surface area is 139 Å². The predicted octanol–water partition coefficient (Wildman–Crippen LogP) is 4.61. The third-order valence-electron chi connectivity index (χ3n) is 2.71. The highest BCUT2D eigenvalue weighted by atomic mass is 79.9. The summed E-state index contributed by atoms with van der Waals surface area (Å²) in [5.41, 5.74) is 3.91. The maximum atomic E-state index is 5.87. The van der Waals surface area contributed by atoms with Crippen molar-refractivity contribution in [2.75, 3.05) is 0 Å². The number of rotatable bonds is 5. The number of hydrogen-bond acceptors (Lipinski definition) is 4. The summed E-state index contributed by atoms with van der Waals surface area (Å²) in [6.45, 7) is 4.03. The van der Waals surface area contributed by atoms with Crippen molar-refractivity contribution in [3.05, 3.63) is 49.0 Å². The first-order valence-corrected chi connectivity index (χ1v) is 8.59. The summed E-state index contributed by atoms with van der Waals surface area (Å²) >= 11 is 8.67. The molecule has 1 heterocycles. The second kappa shape index (κ2) is 7.04. The largest absolute Gasteiger partial charge is 0.491 e. The lowest BCUT2D eigenvalue weighted by Gasteiger charge is -2.20. The average molecular weight is 420 g/mol. The molecular formula is C14H16Br2N2OS. The molecule has 6 heteroatoms. The fourth-order valence-electron chi connectivity index (χ4n) is 1.91. The monoisotopic (exact) mass is 418 g/mol. The molecule has 3 nitrogen and oxygen atoms in total. The molecule has 1 atom stereocenters. The molecule has 0 spiro atoms. The number of para-hydroxylation sites is 1. The van der Waals surface area contributed by atoms with Gasteiger partial charge in [-0.2, -0.15) is 0 Å². The van der Waals surface area contributed by atoms with Crippen molar-refractivity contribution in [1.82, 2.24) is 5.43 Å². The van der Waals surface area contributed by atoms with Gasteiger partial charge in [-0.1, -0.05) is 18.2 Å². The van der Waals surface area contributed by atoms with Crippen LogP contribution < -0.4 is 16.0 Å². The Hall–Kier alpha value is -0.400. The van der Waals surface area contributed by atoms with Crippen LogP contribution in [0.2, 0.25) is 0 Å². The van der Waals surface area contributed by atoms with Gasteiger partial charge in [-0.3, -0.25) is 5.84 Å². The summed E-state index contributed by atoms with van der Waals surface area (Å²) in [5, 5.41) is 0. The predicted molar refractivity (Wildman–Crippen MR) is 91.1 cm³/mol. The minimum atomic E-state index is -0.0995. The lowest BCUT2D eigenvalue weighted by atomic mass is 10.0. The van der Waals surface area contributed by atoms with Gasteiger partial charge >= 0.3 is 0 Å². The van der Waals surface area contributed by atoms with E-state index in [1.807, 2.05) is 38.1 Å². The van der Waals surface area contributed by atoms with E-state index in [0.29, 0.717) is 0 Å². The van der Waals surface area contributed by atoms with E-state index < -0.39 is 0 Å². The quantitative estimate of drug-likeness (QED) is 0.549. The first-order valence-electron chi connectivity index (χ1n) is 6.19. The molecule has 0 fully saturated rings. The van der Waals surface area contributed by atoms with Crippen LogP contribution >= 0.6 is 43.2 Å². The van der Waals surface area contributed by atoms with Gasteiger partial charge in [0.2, 0.25) is 0 Å². The molecule has 0 radical (unpaired) electrons. The van der Waals surface area contributed by atoms with Crippen molar-refractivity contribution in [2.24, 2.45) is 5.84 Å². The number of halogens is 2. The standard InChI is InChI=1S/C14H16Br2N2OS/c1-8(2)19-11-6-4-3-5-9(11)13(18-17)12-7-10(15)14(16)20-12/h3-8,13,18H,17H2,1-2H3. The molecule has 0 amide bonds. The molecule has 0 bridgehead atoms. The summed E-state index contributed by atoms with van der Waals surface area (Å²) in [6, 6.07) is 9.92. The molecule has 0 aliphatic carbocycles. The molecule has 108 valence electrons. The number of hydrazine groups is 1. The van der Waals surface area contributed by atoms with Crippen molar-refractivity contribution in [3.8, 4) is 5.75 Å². The maximum absolute atomic E-state index is 5.87. The van der Waals surface area contributed by atoms with E-state index in [2.05, 4.69) is 43.4 Å². The average Bonchev–Trinajstić information content (AvgIpc) is 2.72. The van der Waals surface area contributed by atoms with Crippen LogP contribution in [0.15, 0.2) is 38.6 Å². The number of benzene rings is 1. The van der Waals surface area contributed by atoms with Crippen LogP contribution in [0.25, 0.3) is 0 Å². The van der Waals surface area contributed by atoms with Crippen LogP contribution in [0, 0.1) is 0 Å². The third kappa shape index (κ3) is 3.62. The van der Waals surface area contributed by atoms with E-state index in [4.69, 9.17) is 10.6 Å². The highest BCUT2D eigenvalue weighted by Crippen LogP contribution is 2.39. The minimum Gasteiger partial charge on any atom is -0.491 e. The summed E-state index contributed by atoms with van der Waals surface area (Å²) < 4.78 is 7.95. The van der Waals surface area contributed by atoms with E-state index in [-0.39, 0.29) is 12.1 Å². The van der Waals surface area contributed by atoms with E-state index in [9.17, 15) is 0 Å². The zero-order valence-electron chi connectivity index (χ0n) is 11.2. The Kier molecular flexibility index (Phi) is 5.63. The number of nitrogens with two attached hydrogens (primary N) is 1. The summed E-state index contributed by atoms with van der Waals surface area (Å²) in [7, 11) is 0. The molecule has 3 N–H and O–H groups in total. The molecular weight excluding hydrogens is 404 g/mol. The lowest BCUT2D eigenvalue weighted by molar-refractivity contribution is 0.238. The van der Waals surface area contributed by atoms with Crippen LogP contribution in [-0.2, 0) is 0 Å². The topological polar surface area (TPSA) is 47.3 Å². The van der Waals surface area contributed by atoms with E-state index in [1.54, 1.807) is 11.3 Å². The number of hydrogen-bond donors (Lipinski definition) is 2. The zero-order valence-corrected chi connectivity index (χ0v) is 15.2. The zero-order chi connectivity index (χ0) is 14.7. The van der Waals surface area contributed by atoms with Crippen molar-refractivity contribution in [2.45, 2.75) is 26.0 Å². The number of thiophene rings is 1. The maximum Gasteiger partial charge on any atom is 0.124 e. The smallest absolute Gasteiger partial charge is 0.124 e. The second-order valence-electron chi connectivity index (χ2n) is 4.57. The van der Waals surface area contributed by atoms with Gasteiger partial charge in [0.05, 0.1) is 15.9 Å². The van der Waals surface area contributed by atoms with Crippen LogP contribution in [-0.4, -0.2) is 6.10 Å². The lowest BCUT2D eigenvalue weighted by Crippen LogP contribution is -2.28. The van der Waals surface area contributed by atoms with E-state index in [1.165, 1.54) is 0 Å². The molecule has 1 aromatic heterocycles. The minimum absolute atomic E-state index is 0.0995. The van der Waals surface area contributed by atoms with Crippen molar-refractivity contribution < 1.29 is 4.74 Å². The van der Waals surface area contributed by atoms with Crippen molar-refractivity contribution in [3.63, 3.8) is 0 Å². The van der Waals surface area contributed by atoms with Gasteiger partial charge in [-0.05, 0) is 57.8 Å². The molecule has 1 unspecified atom stereocenters. The Morgan fingerprint density at radius 1 is 1.25 bits per heavy atom. The summed E-state index contributed by atoms with van der Waals surface area (Å²) in [5.74, 6) is 6.62. The Morgan fingerprint density at radius 2 is 1.95 bits per heavy atom. The van der Waals surface area contributed by atoms with E-state index >= 15 is 0 Å². The number of ether oxygens (including phenoxy) is 1. The third-order valence-corrected chi connectivity index (χ3v) is 6.03. The highest BCUT2D eigenvalue weighted by Gasteiger charge is 2.20. The fourth-order valence-corrected chi connectivity index (χ4v) is 4.08. The molecule has 2 aromatic rings. The summed E-state index contributed by atoms with van der Waals surface area (Å²) in [4.78, 5) is 1.12. The van der Waals surface area contributed by atoms with Crippen LogP contribution in [0.1, 0.15) is 30.3 Å². The van der Waals surface area contributed by atoms with Gasteiger partial charge in [-0.15, -0.1) is 11.3 Å². The fraction of sp³-hybridized carbons (Fsp3) is 0.286. The van der Waals surface area contributed by atoms with E-state index in [0.717, 1.165) is 24.4 Å². The van der Waals surface area contributed by atoms with Crippen LogP contribution in [0.5, 0.6) is 5.75 Å².